The molecule has 0 bridgehead atoms. The van der Waals surface area contributed by atoms with E-state index in [0.717, 1.165) is 18.3 Å². The highest BCUT2D eigenvalue weighted by Crippen LogP contribution is 2.01. The minimum Gasteiger partial charge on any atom is -0.462 e. The Hall–Kier alpha value is -1.12. The Morgan fingerprint density at radius 2 is 2.08 bits per heavy atom. The number of allylic oxidation sites excluding steroid dienone is 1. The molecule has 0 aliphatic heterocycles. The van der Waals surface area contributed by atoms with E-state index in [1.807, 2.05) is 13.0 Å². The van der Waals surface area contributed by atoms with Crippen LogP contribution in [0.25, 0.3) is 0 Å². The second kappa shape index (κ2) is 6.58. The van der Waals surface area contributed by atoms with Crippen LogP contribution in [-0.4, -0.2) is 18.9 Å². The molecule has 3 nitrogen and oxygen atoms in total. The van der Waals surface area contributed by atoms with Gasteiger partial charge >= 0.3 is 5.97 Å². The lowest BCUT2D eigenvalue weighted by atomic mass is 10.2. The van der Waals surface area contributed by atoms with E-state index in [0.29, 0.717) is 13.0 Å². The maximum atomic E-state index is 10.3. The molecular formula is C9H14O3. The second-order valence-corrected chi connectivity index (χ2v) is 2.56. The lowest BCUT2D eigenvalue weighted by Gasteiger charge is -1.98. The number of hydrogen-bond acceptors (Lipinski definition) is 3. The summed E-state index contributed by atoms with van der Waals surface area (Å²) in [7, 11) is 0. The molecule has 0 saturated heterocycles. The minimum atomic E-state index is -0.283. The first-order valence-electron chi connectivity index (χ1n) is 3.89. The van der Waals surface area contributed by atoms with Gasteiger partial charge in [-0.15, -0.1) is 0 Å². The predicted octanol–water partition coefficient (Wildman–Crippen LogP) is 1.47. The zero-order chi connectivity index (χ0) is 9.40. The lowest BCUT2D eigenvalue weighted by molar-refractivity contribution is -0.139. The SMILES string of the molecule is CC(=O)OC/C=C(\C)CCC=O. The molecule has 0 aliphatic rings. The van der Waals surface area contributed by atoms with E-state index in [2.05, 4.69) is 4.74 Å². The average molecular weight is 170 g/mol. The molecule has 0 fully saturated rings. The molecule has 12 heavy (non-hydrogen) atoms. The number of hydrogen-bond donors (Lipinski definition) is 0. The number of rotatable bonds is 5. The van der Waals surface area contributed by atoms with Gasteiger partial charge in [0.25, 0.3) is 0 Å². The van der Waals surface area contributed by atoms with Gasteiger partial charge in [0.05, 0.1) is 0 Å². The Bertz CT molecular complexity index is 182. The van der Waals surface area contributed by atoms with Crippen molar-refractivity contribution in [3.05, 3.63) is 11.6 Å². The third-order valence-corrected chi connectivity index (χ3v) is 1.37. The number of carbonyl (C=O) groups excluding carboxylic acids is 2. The molecule has 0 aliphatic carbocycles. The van der Waals surface area contributed by atoms with E-state index in [-0.39, 0.29) is 5.97 Å². The highest BCUT2D eigenvalue weighted by Gasteiger charge is 1.91. The molecule has 0 amide bonds. The topological polar surface area (TPSA) is 43.4 Å². The maximum Gasteiger partial charge on any atom is 0.302 e. The van der Waals surface area contributed by atoms with E-state index in [1.165, 1.54) is 6.92 Å². The number of carbonyl (C=O) groups is 2. The Balaban J connectivity index is 3.53. The van der Waals surface area contributed by atoms with Crippen LogP contribution in [0.2, 0.25) is 0 Å². The Morgan fingerprint density at radius 3 is 2.58 bits per heavy atom. The van der Waals surface area contributed by atoms with Crippen LogP contribution in [0.5, 0.6) is 0 Å². The van der Waals surface area contributed by atoms with Crippen molar-refractivity contribution in [3.8, 4) is 0 Å². The number of ether oxygens (including phenoxy) is 1. The van der Waals surface area contributed by atoms with Crippen molar-refractivity contribution in [2.24, 2.45) is 0 Å². The van der Waals surface area contributed by atoms with Crippen molar-refractivity contribution in [3.63, 3.8) is 0 Å². The molecular weight excluding hydrogens is 156 g/mol. The van der Waals surface area contributed by atoms with Gasteiger partial charge in [0.1, 0.15) is 12.9 Å². The third kappa shape index (κ3) is 6.99. The van der Waals surface area contributed by atoms with Gasteiger partial charge in [-0.2, -0.15) is 0 Å². The molecule has 0 heterocycles. The van der Waals surface area contributed by atoms with Crippen molar-refractivity contribution in [2.45, 2.75) is 26.7 Å². The van der Waals surface area contributed by atoms with Crippen molar-refractivity contribution >= 4 is 12.3 Å². The van der Waals surface area contributed by atoms with Crippen molar-refractivity contribution in [1.29, 1.82) is 0 Å². The van der Waals surface area contributed by atoms with Gasteiger partial charge in [-0.1, -0.05) is 5.57 Å². The first kappa shape index (κ1) is 10.9. The summed E-state index contributed by atoms with van der Waals surface area (Å²) in [5.74, 6) is -0.283. The van der Waals surface area contributed by atoms with Crippen molar-refractivity contribution in [1.82, 2.24) is 0 Å². The Morgan fingerprint density at radius 1 is 1.42 bits per heavy atom. The minimum absolute atomic E-state index is 0.283. The van der Waals surface area contributed by atoms with Crippen LogP contribution in [0.1, 0.15) is 26.7 Å². The average Bonchev–Trinajstić information content (AvgIpc) is 2.00. The molecule has 3 heteroatoms. The molecule has 0 spiro atoms. The molecule has 0 aromatic carbocycles. The first-order chi connectivity index (χ1) is 5.66. The maximum absolute atomic E-state index is 10.3. The summed E-state index contributed by atoms with van der Waals surface area (Å²) in [6.45, 7) is 3.58. The van der Waals surface area contributed by atoms with Gasteiger partial charge in [-0.05, 0) is 19.4 Å². The Kier molecular flexibility index (Phi) is 5.97. The van der Waals surface area contributed by atoms with Crippen LogP contribution >= 0.6 is 0 Å². The van der Waals surface area contributed by atoms with Crippen LogP contribution in [0.3, 0.4) is 0 Å². The van der Waals surface area contributed by atoms with E-state index in [9.17, 15) is 9.59 Å². The van der Waals surface area contributed by atoms with Gasteiger partial charge in [0.15, 0.2) is 0 Å². The largest absolute Gasteiger partial charge is 0.462 e. The van der Waals surface area contributed by atoms with E-state index in [1.54, 1.807) is 0 Å². The summed E-state index contributed by atoms with van der Waals surface area (Å²) in [6.07, 6.45) is 3.96. The third-order valence-electron chi connectivity index (χ3n) is 1.37. The van der Waals surface area contributed by atoms with Gasteiger partial charge in [-0.25, -0.2) is 0 Å². The molecule has 0 N–H and O–H groups in total. The predicted molar refractivity (Wildman–Crippen MR) is 45.7 cm³/mol. The smallest absolute Gasteiger partial charge is 0.302 e. The molecule has 0 aromatic heterocycles. The highest BCUT2D eigenvalue weighted by molar-refractivity contribution is 5.66. The van der Waals surface area contributed by atoms with E-state index in [4.69, 9.17) is 0 Å². The number of esters is 1. The molecule has 0 unspecified atom stereocenters. The summed E-state index contributed by atoms with van der Waals surface area (Å²) < 4.78 is 4.69. The summed E-state index contributed by atoms with van der Waals surface area (Å²) in [4.78, 5) is 20.3. The molecule has 68 valence electrons. The van der Waals surface area contributed by atoms with Crippen LogP contribution in [0.4, 0.5) is 0 Å². The van der Waals surface area contributed by atoms with E-state index < -0.39 is 0 Å². The van der Waals surface area contributed by atoms with Crippen LogP contribution in [0, 0.1) is 0 Å². The van der Waals surface area contributed by atoms with Crippen LogP contribution in [-0.2, 0) is 14.3 Å². The monoisotopic (exact) mass is 170 g/mol. The fourth-order valence-electron chi connectivity index (χ4n) is 0.690. The summed E-state index contributed by atoms with van der Waals surface area (Å²) in [5, 5.41) is 0. The molecule has 0 saturated carbocycles. The normalized spacial score (nSPS) is 11.0. The summed E-state index contributed by atoms with van der Waals surface area (Å²) >= 11 is 0. The first-order valence-corrected chi connectivity index (χ1v) is 3.89. The van der Waals surface area contributed by atoms with Crippen molar-refractivity contribution in [2.75, 3.05) is 6.61 Å². The standard InChI is InChI=1S/C9H14O3/c1-8(4-3-6-10)5-7-12-9(2)11/h5-6H,3-4,7H2,1-2H3/b8-5+. The van der Waals surface area contributed by atoms with Gasteiger partial charge in [0.2, 0.25) is 0 Å². The van der Waals surface area contributed by atoms with Crippen molar-refractivity contribution < 1.29 is 14.3 Å². The van der Waals surface area contributed by atoms with Gasteiger partial charge in [0, 0.05) is 13.3 Å². The zero-order valence-corrected chi connectivity index (χ0v) is 7.50. The summed E-state index contributed by atoms with van der Waals surface area (Å²) in [6, 6.07) is 0. The fraction of sp³-hybridized carbons (Fsp3) is 0.556. The van der Waals surface area contributed by atoms with E-state index >= 15 is 0 Å². The quantitative estimate of drug-likeness (QED) is 0.356. The second-order valence-electron chi connectivity index (χ2n) is 2.56. The lowest BCUT2D eigenvalue weighted by Crippen LogP contribution is -1.98. The summed E-state index contributed by atoms with van der Waals surface area (Å²) in [5.41, 5.74) is 1.07. The molecule has 0 rings (SSSR count). The fourth-order valence-corrected chi connectivity index (χ4v) is 0.690. The molecule has 0 radical (unpaired) electrons. The van der Waals surface area contributed by atoms with Gasteiger partial charge in [-0.3, -0.25) is 4.79 Å². The molecule has 0 aromatic rings. The zero-order valence-electron chi connectivity index (χ0n) is 7.50. The van der Waals surface area contributed by atoms with Crippen LogP contribution in [0.15, 0.2) is 11.6 Å². The number of aldehydes is 1. The van der Waals surface area contributed by atoms with Crippen LogP contribution < -0.4 is 0 Å². The van der Waals surface area contributed by atoms with Gasteiger partial charge < -0.3 is 9.53 Å². The molecule has 0 atom stereocenters. The Labute approximate surface area is 72.4 Å². The highest BCUT2D eigenvalue weighted by atomic mass is 16.5.